The number of nitrogens with zero attached hydrogens (tertiary/aromatic N) is 2. The second kappa shape index (κ2) is 10.8. The van der Waals surface area contributed by atoms with Crippen molar-refractivity contribution in [2.45, 2.75) is 11.4 Å². The Morgan fingerprint density at radius 2 is 1.61 bits per heavy atom. The van der Waals surface area contributed by atoms with E-state index >= 15 is 0 Å². The van der Waals surface area contributed by atoms with Crippen molar-refractivity contribution < 1.29 is 27.4 Å². The summed E-state index contributed by atoms with van der Waals surface area (Å²) in [5, 5.41) is 0. The molecule has 2 aromatic rings. The van der Waals surface area contributed by atoms with Crippen molar-refractivity contribution >= 4 is 10.0 Å². The molecule has 31 heavy (non-hydrogen) atoms. The quantitative estimate of drug-likeness (QED) is 0.549. The van der Waals surface area contributed by atoms with E-state index in [2.05, 4.69) is 4.90 Å². The molecule has 0 bridgehead atoms. The predicted octanol–water partition coefficient (Wildman–Crippen LogP) is 2.24. The van der Waals surface area contributed by atoms with E-state index < -0.39 is 10.0 Å². The molecule has 3 rings (SSSR count). The number of hydrogen-bond acceptors (Lipinski definition) is 7. The number of ether oxygens (including phenoxy) is 4. The van der Waals surface area contributed by atoms with Crippen molar-refractivity contribution in [3.63, 3.8) is 0 Å². The van der Waals surface area contributed by atoms with Gasteiger partial charge in [-0.25, -0.2) is 8.42 Å². The van der Waals surface area contributed by atoms with E-state index in [0.29, 0.717) is 43.6 Å². The maximum absolute atomic E-state index is 13.5. The molecule has 2 aromatic carbocycles. The zero-order valence-corrected chi connectivity index (χ0v) is 19.1. The topological polar surface area (TPSA) is 77.5 Å². The summed E-state index contributed by atoms with van der Waals surface area (Å²) >= 11 is 0. The number of rotatable bonds is 10. The van der Waals surface area contributed by atoms with Gasteiger partial charge < -0.3 is 18.9 Å². The highest BCUT2D eigenvalue weighted by atomic mass is 32.2. The third-order valence-corrected chi connectivity index (χ3v) is 7.13. The van der Waals surface area contributed by atoms with Crippen molar-refractivity contribution in [3.05, 3.63) is 48.0 Å². The van der Waals surface area contributed by atoms with Crippen LogP contribution in [0.5, 0.6) is 17.2 Å². The molecular weight excluding hydrogens is 420 g/mol. The van der Waals surface area contributed by atoms with Gasteiger partial charge in [0.2, 0.25) is 10.0 Å². The first-order chi connectivity index (χ1) is 15.0. The summed E-state index contributed by atoms with van der Waals surface area (Å²) in [6.45, 7) is 4.15. The highest BCUT2D eigenvalue weighted by Gasteiger charge is 2.26. The lowest BCUT2D eigenvalue weighted by molar-refractivity contribution is 0.0361. The molecule has 1 heterocycles. The lowest BCUT2D eigenvalue weighted by Crippen LogP contribution is -2.42. The molecule has 8 nitrogen and oxygen atoms in total. The van der Waals surface area contributed by atoms with Crippen LogP contribution in [0.4, 0.5) is 0 Å². The van der Waals surface area contributed by atoms with E-state index in [1.807, 2.05) is 12.1 Å². The summed E-state index contributed by atoms with van der Waals surface area (Å²) in [7, 11) is 0.969. The fourth-order valence-electron chi connectivity index (χ4n) is 3.44. The van der Waals surface area contributed by atoms with Crippen molar-refractivity contribution in [2.75, 3.05) is 60.7 Å². The van der Waals surface area contributed by atoms with Gasteiger partial charge in [-0.1, -0.05) is 6.07 Å². The highest BCUT2D eigenvalue weighted by Crippen LogP contribution is 2.29. The molecule has 170 valence electrons. The van der Waals surface area contributed by atoms with E-state index in [0.717, 1.165) is 18.7 Å². The standard InChI is InChI=1S/C22H30N2O6S/c1-27-19-5-7-20(8-6-19)31(25,26)24(11-10-23-12-14-30-15-13-23)17-18-4-9-21(28-2)22(16-18)29-3/h4-9,16H,10-15,17H2,1-3H3. The molecule has 1 aliphatic heterocycles. The molecular formula is C22H30N2O6S. The predicted molar refractivity (Wildman–Crippen MR) is 117 cm³/mol. The zero-order chi connectivity index (χ0) is 22.3. The van der Waals surface area contributed by atoms with Gasteiger partial charge >= 0.3 is 0 Å². The third kappa shape index (κ3) is 5.88. The Hall–Kier alpha value is -2.33. The Kier molecular flexibility index (Phi) is 8.14. The minimum Gasteiger partial charge on any atom is -0.497 e. The molecule has 0 aromatic heterocycles. The minimum absolute atomic E-state index is 0.221. The van der Waals surface area contributed by atoms with E-state index in [1.54, 1.807) is 51.7 Å². The fourth-order valence-corrected chi connectivity index (χ4v) is 4.86. The first-order valence-electron chi connectivity index (χ1n) is 10.1. The first-order valence-corrected chi connectivity index (χ1v) is 11.6. The van der Waals surface area contributed by atoms with Gasteiger partial charge in [-0.15, -0.1) is 0 Å². The molecule has 0 atom stereocenters. The number of benzene rings is 2. The molecule has 0 spiro atoms. The van der Waals surface area contributed by atoms with Crippen molar-refractivity contribution in [3.8, 4) is 17.2 Å². The monoisotopic (exact) mass is 450 g/mol. The van der Waals surface area contributed by atoms with Gasteiger partial charge in [0.05, 0.1) is 39.4 Å². The van der Waals surface area contributed by atoms with Gasteiger partial charge in [-0.05, 0) is 42.0 Å². The maximum Gasteiger partial charge on any atom is 0.243 e. The third-order valence-electron chi connectivity index (χ3n) is 5.27. The molecule has 0 N–H and O–H groups in total. The van der Waals surface area contributed by atoms with Gasteiger partial charge in [-0.2, -0.15) is 4.31 Å². The number of sulfonamides is 1. The summed E-state index contributed by atoms with van der Waals surface area (Å²) in [4.78, 5) is 2.45. The Balaban J connectivity index is 1.85. The maximum atomic E-state index is 13.5. The van der Waals surface area contributed by atoms with Crippen molar-refractivity contribution in [1.29, 1.82) is 0 Å². The molecule has 0 radical (unpaired) electrons. The second-order valence-corrected chi connectivity index (χ2v) is 9.10. The van der Waals surface area contributed by atoms with Crippen molar-refractivity contribution in [1.82, 2.24) is 9.21 Å². The summed E-state index contributed by atoms with van der Waals surface area (Å²) in [6, 6.07) is 11.9. The Morgan fingerprint density at radius 1 is 0.935 bits per heavy atom. The van der Waals surface area contributed by atoms with Gasteiger partial charge in [0.15, 0.2) is 11.5 Å². The summed E-state index contributed by atoms with van der Waals surface area (Å²) < 4.78 is 49.7. The van der Waals surface area contributed by atoms with E-state index in [9.17, 15) is 8.42 Å². The molecule has 1 aliphatic rings. The highest BCUT2D eigenvalue weighted by molar-refractivity contribution is 7.89. The van der Waals surface area contributed by atoms with E-state index in [1.165, 1.54) is 4.31 Å². The molecule has 1 fully saturated rings. The lowest BCUT2D eigenvalue weighted by atomic mass is 10.2. The normalized spacial score (nSPS) is 15.1. The van der Waals surface area contributed by atoms with Crippen LogP contribution in [0.2, 0.25) is 0 Å². The SMILES string of the molecule is COc1ccc(S(=O)(=O)N(CCN2CCOCC2)Cc2ccc(OC)c(OC)c2)cc1. The van der Waals surface area contributed by atoms with E-state index in [-0.39, 0.29) is 11.4 Å². The average molecular weight is 451 g/mol. The fraction of sp³-hybridized carbons (Fsp3) is 0.455. The van der Waals surface area contributed by atoms with Crippen LogP contribution in [0.25, 0.3) is 0 Å². The van der Waals surface area contributed by atoms with E-state index in [4.69, 9.17) is 18.9 Å². The Bertz CT molecular complexity index is 943. The lowest BCUT2D eigenvalue weighted by Gasteiger charge is -2.30. The van der Waals surface area contributed by atoms with Crippen LogP contribution in [0.1, 0.15) is 5.56 Å². The van der Waals surface area contributed by atoms with Crippen LogP contribution in [-0.4, -0.2) is 78.3 Å². The Labute approximate surface area is 184 Å². The number of morpholine rings is 1. The second-order valence-electron chi connectivity index (χ2n) is 7.16. The average Bonchev–Trinajstić information content (AvgIpc) is 2.82. The molecule has 0 aliphatic carbocycles. The first kappa shape index (κ1) is 23.3. The molecule has 9 heteroatoms. The van der Waals surface area contributed by atoms with Crippen LogP contribution >= 0.6 is 0 Å². The smallest absolute Gasteiger partial charge is 0.243 e. The summed E-state index contributed by atoms with van der Waals surface area (Å²) in [5.74, 6) is 1.78. The molecule has 0 unspecified atom stereocenters. The van der Waals surface area contributed by atoms with Gasteiger partial charge in [-0.3, -0.25) is 4.90 Å². The number of methoxy groups -OCH3 is 3. The van der Waals surface area contributed by atoms with Crippen LogP contribution in [0.3, 0.4) is 0 Å². The zero-order valence-electron chi connectivity index (χ0n) is 18.2. The Morgan fingerprint density at radius 3 is 2.23 bits per heavy atom. The van der Waals surface area contributed by atoms with Crippen LogP contribution < -0.4 is 14.2 Å². The molecule has 0 saturated carbocycles. The van der Waals surface area contributed by atoms with Crippen LogP contribution in [0, 0.1) is 0 Å². The van der Waals surface area contributed by atoms with Gasteiger partial charge in [0.25, 0.3) is 0 Å². The van der Waals surface area contributed by atoms with Gasteiger partial charge in [0, 0.05) is 32.7 Å². The van der Waals surface area contributed by atoms with Crippen LogP contribution in [-0.2, 0) is 21.3 Å². The molecule has 1 saturated heterocycles. The van der Waals surface area contributed by atoms with Crippen LogP contribution in [0.15, 0.2) is 47.4 Å². The minimum atomic E-state index is -3.71. The van der Waals surface area contributed by atoms with Crippen molar-refractivity contribution in [2.24, 2.45) is 0 Å². The van der Waals surface area contributed by atoms with Gasteiger partial charge in [0.1, 0.15) is 5.75 Å². The largest absolute Gasteiger partial charge is 0.497 e. The summed E-state index contributed by atoms with van der Waals surface area (Å²) in [6.07, 6.45) is 0. The number of hydrogen-bond donors (Lipinski definition) is 0. The molecule has 0 amide bonds. The summed E-state index contributed by atoms with van der Waals surface area (Å²) in [5.41, 5.74) is 0.816.